The molecule has 0 fully saturated rings. The Morgan fingerprint density at radius 2 is 2.18 bits per heavy atom. The summed E-state index contributed by atoms with van der Waals surface area (Å²) in [7, 11) is 0. The molecule has 0 aliphatic heterocycles. The quantitative estimate of drug-likeness (QED) is 0.766. The molecule has 7 heteroatoms. The number of anilines is 1. The fraction of sp³-hybridized carbons (Fsp3) is 0.200. The Hall–Kier alpha value is -2.34. The molecule has 0 saturated heterocycles. The Balaban J connectivity index is 1.95. The van der Waals surface area contributed by atoms with E-state index in [4.69, 9.17) is 11.6 Å². The molecule has 1 aromatic carbocycles. The van der Waals surface area contributed by atoms with Crippen molar-refractivity contribution in [3.8, 4) is 0 Å². The normalized spacial score (nSPS) is 11.3. The zero-order valence-electron chi connectivity index (χ0n) is 12.0. The largest absolute Gasteiger partial charge is 0.349 e. The lowest BCUT2D eigenvalue weighted by molar-refractivity contribution is 0.102. The summed E-state index contributed by atoms with van der Waals surface area (Å²) in [5.74, 6) is -0.233. The van der Waals surface area contributed by atoms with E-state index in [9.17, 15) is 9.18 Å². The van der Waals surface area contributed by atoms with Gasteiger partial charge in [-0.25, -0.2) is 9.07 Å². The Morgan fingerprint density at radius 1 is 1.41 bits per heavy atom. The van der Waals surface area contributed by atoms with Crippen molar-refractivity contribution in [2.45, 2.75) is 19.9 Å². The van der Waals surface area contributed by atoms with E-state index in [-0.39, 0.29) is 16.8 Å². The molecule has 2 aromatic heterocycles. The van der Waals surface area contributed by atoms with Crippen molar-refractivity contribution in [2.75, 3.05) is 5.32 Å². The molecule has 0 radical (unpaired) electrons. The van der Waals surface area contributed by atoms with Gasteiger partial charge in [0.2, 0.25) is 0 Å². The van der Waals surface area contributed by atoms with E-state index in [1.807, 2.05) is 13.8 Å². The van der Waals surface area contributed by atoms with E-state index in [1.54, 1.807) is 23.0 Å². The number of rotatable bonds is 3. The van der Waals surface area contributed by atoms with Gasteiger partial charge in [0.15, 0.2) is 0 Å². The standard InChI is InChI=1S/C15H14ClFN4O/c1-8(2)21-12(5-6-18-21)20-15(22)14-13(16)10-7-9(17)3-4-11(10)19-14/h3-8,19H,1-2H3,(H,20,22). The van der Waals surface area contributed by atoms with Crippen molar-refractivity contribution < 1.29 is 9.18 Å². The lowest BCUT2D eigenvalue weighted by atomic mass is 10.2. The maximum Gasteiger partial charge on any atom is 0.274 e. The molecule has 0 aliphatic carbocycles. The number of hydrogen-bond donors (Lipinski definition) is 2. The topological polar surface area (TPSA) is 62.7 Å². The third-order valence-corrected chi connectivity index (χ3v) is 3.72. The number of carbonyl (C=O) groups is 1. The maximum absolute atomic E-state index is 13.3. The Bertz CT molecular complexity index is 852. The van der Waals surface area contributed by atoms with E-state index in [2.05, 4.69) is 15.4 Å². The minimum Gasteiger partial charge on any atom is -0.349 e. The van der Waals surface area contributed by atoms with Crippen molar-refractivity contribution in [3.05, 3.63) is 47.0 Å². The van der Waals surface area contributed by atoms with Crippen LogP contribution in [-0.2, 0) is 0 Å². The molecule has 114 valence electrons. The van der Waals surface area contributed by atoms with Crippen molar-refractivity contribution in [1.29, 1.82) is 0 Å². The summed E-state index contributed by atoms with van der Waals surface area (Å²) in [6.45, 7) is 3.92. The van der Waals surface area contributed by atoms with Gasteiger partial charge in [-0.05, 0) is 32.0 Å². The first kappa shape index (κ1) is 14.6. The Labute approximate surface area is 131 Å². The lowest BCUT2D eigenvalue weighted by Crippen LogP contribution is -2.17. The second kappa shape index (κ2) is 5.46. The van der Waals surface area contributed by atoms with Gasteiger partial charge in [0.1, 0.15) is 17.3 Å². The summed E-state index contributed by atoms with van der Waals surface area (Å²) in [5, 5.41) is 7.58. The van der Waals surface area contributed by atoms with Gasteiger partial charge >= 0.3 is 0 Å². The maximum atomic E-state index is 13.3. The average molecular weight is 321 g/mol. The molecule has 0 aliphatic rings. The molecular formula is C15H14ClFN4O. The van der Waals surface area contributed by atoms with E-state index in [0.29, 0.717) is 16.7 Å². The number of fused-ring (bicyclic) bond motifs is 1. The van der Waals surface area contributed by atoms with Gasteiger partial charge in [0.25, 0.3) is 5.91 Å². The van der Waals surface area contributed by atoms with Crippen LogP contribution in [0.2, 0.25) is 5.02 Å². The van der Waals surface area contributed by atoms with Gasteiger partial charge in [-0.1, -0.05) is 11.6 Å². The van der Waals surface area contributed by atoms with Crippen LogP contribution in [0.5, 0.6) is 0 Å². The zero-order valence-corrected chi connectivity index (χ0v) is 12.8. The van der Waals surface area contributed by atoms with Gasteiger partial charge in [-0.15, -0.1) is 0 Å². The molecule has 5 nitrogen and oxygen atoms in total. The number of H-pyrrole nitrogens is 1. The number of aromatic nitrogens is 3. The van der Waals surface area contributed by atoms with E-state index in [0.717, 1.165) is 0 Å². The minimum atomic E-state index is -0.404. The highest BCUT2D eigenvalue weighted by molar-refractivity contribution is 6.39. The first-order chi connectivity index (χ1) is 10.5. The fourth-order valence-corrected chi connectivity index (χ4v) is 2.58. The zero-order chi connectivity index (χ0) is 15.9. The van der Waals surface area contributed by atoms with Gasteiger partial charge in [0.05, 0.1) is 11.2 Å². The van der Waals surface area contributed by atoms with Crippen molar-refractivity contribution in [1.82, 2.24) is 14.8 Å². The van der Waals surface area contributed by atoms with E-state index >= 15 is 0 Å². The van der Waals surface area contributed by atoms with Crippen molar-refractivity contribution >= 4 is 34.2 Å². The van der Waals surface area contributed by atoms with Crippen LogP contribution < -0.4 is 5.32 Å². The number of hydrogen-bond acceptors (Lipinski definition) is 2. The Kier molecular flexibility index (Phi) is 3.62. The molecular weight excluding hydrogens is 307 g/mol. The van der Waals surface area contributed by atoms with Crippen LogP contribution in [0.3, 0.4) is 0 Å². The molecule has 0 saturated carbocycles. The van der Waals surface area contributed by atoms with Gasteiger partial charge in [-0.3, -0.25) is 4.79 Å². The molecule has 22 heavy (non-hydrogen) atoms. The number of carbonyl (C=O) groups excluding carboxylic acids is 1. The fourth-order valence-electron chi connectivity index (χ4n) is 2.29. The molecule has 3 rings (SSSR count). The smallest absolute Gasteiger partial charge is 0.274 e. The number of amides is 1. The van der Waals surface area contributed by atoms with Gasteiger partial charge in [-0.2, -0.15) is 5.10 Å². The first-order valence-electron chi connectivity index (χ1n) is 6.79. The number of benzene rings is 1. The number of halogens is 2. The predicted octanol–water partition coefficient (Wildman–Crippen LogP) is 3.99. The van der Waals surface area contributed by atoms with Crippen LogP contribution in [0.4, 0.5) is 10.2 Å². The van der Waals surface area contributed by atoms with E-state index < -0.39 is 11.7 Å². The highest BCUT2D eigenvalue weighted by atomic mass is 35.5. The second-order valence-corrected chi connectivity index (χ2v) is 5.59. The summed E-state index contributed by atoms with van der Waals surface area (Å²) < 4.78 is 15.0. The molecule has 2 N–H and O–H groups in total. The molecule has 1 amide bonds. The first-order valence-corrected chi connectivity index (χ1v) is 7.16. The summed E-state index contributed by atoms with van der Waals surface area (Å²) in [5.41, 5.74) is 0.799. The predicted molar refractivity (Wildman–Crippen MR) is 83.8 cm³/mol. The van der Waals surface area contributed by atoms with Crippen LogP contribution in [0, 0.1) is 5.82 Å². The summed E-state index contributed by atoms with van der Waals surface area (Å²) in [6.07, 6.45) is 1.61. The summed E-state index contributed by atoms with van der Waals surface area (Å²) >= 11 is 6.19. The van der Waals surface area contributed by atoms with Gasteiger partial charge in [0, 0.05) is 23.0 Å². The van der Waals surface area contributed by atoms with Gasteiger partial charge < -0.3 is 10.3 Å². The third-order valence-electron chi connectivity index (χ3n) is 3.33. The highest BCUT2D eigenvalue weighted by Crippen LogP contribution is 2.28. The summed E-state index contributed by atoms with van der Waals surface area (Å²) in [6, 6.07) is 5.96. The monoisotopic (exact) mass is 320 g/mol. The minimum absolute atomic E-state index is 0.109. The van der Waals surface area contributed by atoms with Crippen LogP contribution in [0.25, 0.3) is 10.9 Å². The number of nitrogens with one attached hydrogen (secondary N) is 2. The highest BCUT2D eigenvalue weighted by Gasteiger charge is 2.18. The number of aromatic amines is 1. The van der Waals surface area contributed by atoms with Crippen molar-refractivity contribution in [2.24, 2.45) is 0 Å². The average Bonchev–Trinajstić information content (AvgIpc) is 3.04. The molecule has 0 bridgehead atoms. The molecule has 0 atom stereocenters. The third kappa shape index (κ3) is 2.46. The molecule has 2 heterocycles. The number of nitrogens with zero attached hydrogens (tertiary/aromatic N) is 2. The SMILES string of the molecule is CC(C)n1nccc1NC(=O)c1[nH]c2ccc(F)cc2c1Cl. The van der Waals surface area contributed by atoms with Crippen LogP contribution in [0.15, 0.2) is 30.5 Å². The van der Waals surface area contributed by atoms with Crippen LogP contribution in [-0.4, -0.2) is 20.7 Å². The lowest BCUT2D eigenvalue weighted by Gasteiger charge is -2.11. The molecule has 3 aromatic rings. The van der Waals surface area contributed by atoms with Crippen LogP contribution >= 0.6 is 11.6 Å². The van der Waals surface area contributed by atoms with Crippen LogP contribution in [0.1, 0.15) is 30.4 Å². The van der Waals surface area contributed by atoms with Crippen molar-refractivity contribution in [3.63, 3.8) is 0 Å². The molecule has 0 unspecified atom stereocenters. The second-order valence-electron chi connectivity index (χ2n) is 5.21. The summed E-state index contributed by atoms with van der Waals surface area (Å²) in [4.78, 5) is 15.3. The van der Waals surface area contributed by atoms with E-state index in [1.165, 1.54) is 12.1 Å². The Morgan fingerprint density at radius 3 is 2.91 bits per heavy atom. The molecule has 0 spiro atoms.